The average Bonchev–Trinajstić information content (AvgIpc) is 2.45. The molecule has 124 valence electrons. The summed E-state index contributed by atoms with van der Waals surface area (Å²) >= 11 is 5.46. The topological polar surface area (TPSA) is 117 Å². The van der Waals surface area contributed by atoms with Crippen LogP contribution in [0.3, 0.4) is 0 Å². The van der Waals surface area contributed by atoms with Crippen LogP contribution in [0.4, 0.5) is 0 Å². The third-order valence-electron chi connectivity index (χ3n) is 2.98. The molecule has 5 atom stereocenters. The largest absolute Gasteiger partial charge is 0.394 e. The number of alkyl halides is 1. The molecule has 0 radical (unpaired) electrons. The van der Waals surface area contributed by atoms with Gasteiger partial charge in [-0.3, -0.25) is 4.79 Å². The van der Waals surface area contributed by atoms with E-state index < -0.39 is 43.2 Å². The summed E-state index contributed by atoms with van der Waals surface area (Å²) in [5.74, 6) is -0.0318. The molecule has 1 amide bonds. The molecule has 0 saturated carbocycles. The number of rotatable bonds is 8. The number of ether oxygens (including phenoxy) is 3. The van der Waals surface area contributed by atoms with E-state index in [1.54, 1.807) is 0 Å². The number of carbonyl (C=O) groups is 1. The van der Waals surface area contributed by atoms with E-state index in [4.69, 9.17) is 30.9 Å². The standard InChI is InChI=1S/C12H22ClNO7/c1-7(16)14-9-11(18)10(17)8(6-15)21-12(9)20-5-4-19-3-2-13/h8-12,15,17-18H,2-6H2,1H3,(H,14,16)/t8-,9+,10+,11-,12-/m0/s1. The van der Waals surface area contributed by atoms with Gasteiger partial charge in [-0.25, -0.2) is 0 Å². The summed E-state index contributed by atoms with van der Waals surface area (Å²) in [6.45, 7) is 1.60. The second-order valence-electron chi connectivity index (χ2n) is 4.61. The van der Waals surface area contributed by atoms with Crippen LogP contribution in [0.25, 0.3) is 0 Å². The number of hydrogen-bond donors (Lipinski definition) is 4. The van der Waals surface area contributed by atoms with Gasteiger partial charge < -0.3 is 34.8 Å². The monoisotopic (exact) mass is 327 g/mol. The summed E-state index contributed by atoms with van der Waals surface area (Å²) in [6.07, 6.45) is -4.62. The fourth-order valence-electron chi connectivity index (χ4n) is 1.99. The first-order valence-electron chi connectivity index (χ1n) is 6.66. The minimum absolute atomic E-state index is 0.151. The van der Waals surface area contributed by atoms with E-state index in [2.05, 4.69) is 5.32 Å². The van der Waals surface area contributed by atoms with E-state index in [0.29, 0.717) is 12.5 Å². The second kappa shape index (κ2) is 9.52. The van der Waals surface area contributed by atoms with Crippen LogP contribution in [-0.2, 0) is 19.0 Å². The highest BCUT2D eigenvalue weighted by molar-refractivity contribution is 6.17. The number of aliphatic hydroxyl groups excluding tert-OH is 3. The van der Waals surface area contributed by atoms with Crippen molar-refractivity contribution in [3.8, 4) is 0 Å². The van der Waals surface area contributed by atoms with Crippen LogP contribution < -0.4 is 5.32 Å². The molecule has 1 saturated heterocycles. The molecule has 0 aromatic heterocycles. The van der Waals surface area contributed by atoms with E-state index in [9.17, 15) is 15.0 Å². The molecule has 0 aromatic rings. The van der Waals surface area contributed by atoms with Gasteiger partial charge in [0.15, 0.2) is 6.29 Å². The predicted molar refractivity (Wildman–Crippen MR) is 72.9 cm³/mol. The summed E-state index contributed by atoms with van der Waals surface area (Å²) in [4.78, 5) is 11.2. The van der Waals surface area contributed by atoms with Crippen molar-refractivity contribution >= 4 is 17.5 Å². The van der Waals surface area contributed by atoms with Gasteiger partial charge in [-0.05, 0) is 0 Å². The number of aliphatic hydroxyl groups is 3. The maximum absolute atomic E-state index is 11.2. The molecule has 0 spiro atoms. The highest BCUT2D eigenvalue weighted by Crippen LogP contribution is 2.22. The molecule has 9 heteroatoms. The van der Waals surface area contributed by atoms with Gasteiger partial charge in [0.05, 0.1) is 26.4 Å². The lowest BCUT2D eigenvalue weighted by molar-refractivity contribution is -0.271. The zero-order valence-electron chi connectivity index (χ0n) is 11.8. The van der Waals surface area contributed by atoms with E-state index >= 15 is 0 Å². The zero-order valence-corrected chi connectivity index (χ0v) is 12.5. The molecule has 0 aliphatic carbocycles. The Morgan fingerprint density at radius 2 is 2.00 bits per heavy atom. The van der Waals surface area contributed by atoms with Crippen molar-refractivity contribution in [2.45, 2.75) is 37.6 Å². The van der Waals surface area contributed by atoms with E-state index in [1.165, 1.54) is 6.92 Å². The molecule has 0 bridgehead atoms. The Kier molecular flexibility index (Phi) is 8.42. The molecule has 21 heavy (non-hydrogen) atoms. The summed E-state index contributed by atoms with van der Waals surface area (Å²) in [7, 11) is 0. The molecule has 1 fully saturated rings. The van der Waals surface area contributed by atoms with E-state index in [-0.39, 0.29) is 13.2 Å². The summed E-state index contributed by atoms with van der Waals surface area (Å²) in [5.41, 5.74) is 0. The fraction of sp³-hybridized carbons (Fsp3) is 0.917. The van der Waals surface area contributed by atoms with Gasteiger partial charge >= 0.3 is 0 Å². The van der Waals surface area contributed by atoms with Gasteiger partial charge in [-0.2, -0.15) is 0 Å². The van der Waals surface area contributed by atoms with Crippen molar-refractivity contribution in [1.29, 1.82) is 0 Å². The van der Waals surface area contributed by atoms with Gasteiger partial charge in [0.1, 0.15) is 24.4 Å². The molecule has 1 heterocycles. The Balaban J connectivity index is 2.58. The van der Waals surface area contributed by atoms with Gasteiger partial charge in [0.25, 0.3) is 0 Å². The van der Waals surface area contributed by atoms with Crippen LogP contribution in [-0.4, -0.2) is 84.2 Å². The number of nitrogens with one attached hydrogen (secondary N) is 1. The third-order valence-corrected chi connectivity index (χ3v) is 3.14. The maximum Gasteiger partial charge on any atom is 0.217 e. The minimum atomic E-state index is -1.32. The molecule has 0 unspecified atom stereocenters. The Morgan fingerprint density at radius 3 is 2.57 bits per heavy atom. The molecule has 1 aliphatic heterocycles. The number of amides is 1. The number of halogens is 1. The Hall–Kier alpha value is -0.480. The average molecular weight is 328 g/mol. The van der Waals surface area contributed by atoms with Crippen molar-refractivity contribution in [2.75, 3.05) is 32.3 Å². The Morgan fingerprint density at radius 1 is 1.29 bits per heavy atom. The first-order valence-corrected chi connectivity index (χ1v) is 7.19. The zero-order chi connectivity index (χ0) is 15.8. The van der Waals surface area contributed by atoms with Gasteiger partial charge in [-0.15, -0.1) is 11.6 Å². The fourth-order valence-corrected chi connectivity index (χ4v) is 2.10. The molecule has 0 aromatic carbocycles. The van der Waals surface area contributed by atoms with Gasteiger partial charge in [0.2, 0.25) is 5.91 Å². The van der Waals surface area contributed by atoms with Gasteiger partial charge in [-0.1, -0.05) is 0 Å². The van der Waals surface area contributed by atoms with Crippen LogP contribution in [0.15, 0.2) is 0 Å². The maximum atomic E-state index is 11.2. The third kappa shape index (κ3) is 5.67. The molecular formula is C12H22ClNO7. The van der Waals surface area contributed by atoms with Crippen LogP contribution >= 0.6 is 11.6 Å². The van der Waals surface area contributed by atoms with Crippen molar-refractivity contribution in [1.82, 2.24) is 5.32 Å². The minimum Gasteiger partial charge on any atom is -0.394 e. The van der Waals surface area contributed by atoms with Crippen molar-refractivity contribution < 1.29 is 34.3 Å². The SMILES string of the molecule is CC(=O)N[C@H]1[C@@H](OCCOCCCl)O[C@@H](CO)[C@@H](O)[C@H]1O. The van der Waals surface area contributed by atoms with Gasteiger partial charge in [0, 0.05) is 12.8 Å². The van der Waals surface area contributed by atoms with E-state index in [0.717, 1.165) is 0 Å². The summed E-state index contributed by atoms with van der Waals surface area (Å²) in [6, 6.07) is -0.937. The van der Waals surface area contributed by atoms with Crippen LogP contribution in [0.2, 0.25) is 0 Å². The smallest absolute Gasteiger partial charge is 0.217 e. The first-order chi connectivity index (χ1) is 10.0. The highest BCUT2D eigenvalue weighted by Gasteiger charge is 2.45. The summed E-state index contributed by atoms with van der Waals surface area (Å²) < 4.78 is 15.9. The lowest BCUT2D eigenvalue weighted by Gasteiger charge is -2.42. The Labute approximate surface area is 127 Å². The molecule has 1 aliphatic rings. The molecule has 4 N–H and O–H groups in total. The lowest BCUT2D eigenvalue weighted by atomic mass is 9.97. The number of hydrogen-bond acceptors (Lipinski definition) is 7. The molecule has 1 rings (SSSR count). The van der Waals surface area contributed by atoms with Crippen molar-refractivity contribution in [3.63, 3.8) is 0 Å². The van der Waals surface area contributed by atoms with E-state index in [1.807, 2.05) is 0 Å². The predicted octanol–water partition coefficient (Wildman–Crippen LogP) is -1.80. The molecular weight excluding hydrogens is 306 g/mol. The summed E-state index contributed by atoms with van der Waals surface area (Å²) in [5, 5.41) is 31.4. The first kappa shape index (κ1) is 18.6. The quantitative estimate of drug-likeness (QED) is 0.307. The highest BCUT2D eigenvalue weighted by atomic mass is 35.5. The Bertz CT molecular complexity index is 320. The van der Waals surface area contributed by atoms with Crippen molar-refractivity contribution in [3.05, 3.63) is 0 Å². The second-order valence-corrected chi connectivity index (χ2v) is 4.98. The van der Waals surface area contributed by atoms with Crippen LogP contribution in [0.5, 0.6) is 0 Å². The lowest BCUT2D eigenvalue weighted by Crippen LogP contribution is -2.64. The normalized spacial score (nSPS) is 32.9. The van der Waals surface area contributed by atoms with Crippen LogP contribution in [0, 0.1) is 0 Å². The number of carbonyl (C=O) groups excluding carboxylic acids is 1. The molecule has 8 nitrogen and oxygen atoms in total. The van der Waals surface area contributed by atoms with Crippen molar-refractivity contribution in [2.24, 2.45) is 0 Å². The van der Waals surface area contributed by atoms with Crippen LogP contribution in [0.1, 0.15) is 6.92 Å².